The molecule has 1 unspecified atom stereocenters. The zero-order chi connectivity index (χ0) is 11.5. The van der Waals surface area contributed by atoms with Gasteiger partial charge in [0.25, 0.3) is 5.91 Å². The second kappa shape index (κ2) is 4.09. The summed E-state index contributed by atoms with van der Waals surface area (Å²) in [6.45, 7) is 1.78. The highest BCUT2D eigenvalue weighted by molar-refractivity contribution is 5.92. The van der Waals surface area contributed by atoms with Gasteiger partial charge in [-0.05, 0) is 13.0 Å². The van der Waals surface area contributed by atoms with E-state index in [9.17, 15) is 4.79 Å². The van der Waals surface area contributed by atoms with E-state index in [1.807, 2.05) is 0 Å². The van der Waals surface area contributed by atoms with Gasteiger partial charge in [-0.3, -0.25) is 9.48 Å². The van der Waals surface area contributed by atoms with Gasteiger partial charge in [0.15, 0.2) is 5.82 Å². The summed E-state index contributed by atoms with van der Waals surface area (Å²) in [4.78, 5) is 11.8. The summed E-state index contributed by atoms with van der Waals surface area (Å²) in [6.07, 6.45) is 1.56. The third-order valence-corrected chi connectivity index (χ3v) is 2.15. The number of aromatic nitrogens is 6. The molecule has 0 aliphatic carbocycles. The molecule has 0 spiro atoms. The molecule has 2 rings (SSSR count). The fourth-order valence-electron chi connectivity index (χ4n) is 1.28. The lowest BCUT2D eigenvalue weighted by Crippen LogP contribution is -2.29. The standard InChI is InChI=1S/C8H11N7O/c1-5(7-11-13-14-12-7)10-8(16)6-3-4-9-15(6)2/h3-5H,1-2H3,(H,10,16)(H,11,12,13,14). The molecule has 2 heterocycles. The minimum atomic E-state index is -0.304. The van der Waals surface area contributed by atoms with Crippen LogP contribution in [0.3, 0.4) is 0 Å². The van der Waals surface area contributed by atoms with E-state index in [-0.39, 0.29) is 11.9 Å². The van der Waals surface area contributed by atoms with E-state index < -0.39 is 0 Å². The molecule has 0 saturated carbocycles. The maximum absolute atomic E-state index is 11.8. The van der Waals surface area contributed by atoms with Gasteiger partial charge in [-0.25, -0.2) is 0 Å². The van der Waals surface area contributed by atoms with Crippen molar-refractivity contribution in [1.29, 1.82) is 0 Å². The van der Waals surface area contributed by atoms with Crippen molar-refractivity contribution in [1.82, 2.24) is 35.7 Å². The number of nitrogens with one attached hydrogen (secondary N) is 2. The maximum atomic E-state index is 11.8. The van der Waals surface area contributed by atoms with Crippen LogP contribution in [0.2, 0.25) is 0 Å². The SMILES string of the molecule is CC(NC(=O)c1ccnn1C)c1nn[nH]n1. The van der Waals surface area contributed by atoms with E-state index in [1.54, 1.807) is 26.2 Å². The fourth-order valence-corrected chi connectivity index (χ4v) is 1.28. The average Bonchev–Trinajstić information content (AvgIpc) is 2.86. The molecule has 16 heavy (non-hydrogen) atoms. The molecule has 0 saturated heterocycles. The Morgan fingerprint density at radius 2 is 2.44 bits per heavy atom. The molecule has 0 fully saturated rings. The van der Waals surface area contributed by atoms with Crippen LogP contribution in [0.5, 0.6) is 0 Å². The molecule has 84 valence electrons. The normalized spacial score (nSPS) is 12.4. The first-order chi connectivity index (χ1) is 7.68. The van der Waals surface area contributed by atoms with Gasteiger partial charge in [0.05, 0.1) is 6.04 Å². The molecular formula is C8H11N7O. The second-order valence-electron chi connectivity index (χ2n) is 3.31. The van der Waals surface area contributed by atoms with Crippen molar-refractivity contribution < 1.29 is 4.79 Å². The highest BCUT2D eigenvalue weighted by atomic mass is 16.2. The van der Waals surface area contributed by atoms with E-state index in [0.717, 1.165) is 0 Å². The summed E-state index contributed by atoms with van der Waals surface area (Å²) in [5.41, 5.74) is 0.482. The molecule has 1 amide bonds. The second-order valence-corrected chi connectivity index (χ2v) is 3.31. The number of hydrogen-bond acceptors (Lipinski definition) is 5. The van der Waals surface area contributed by atoms with Crippen molar-refractivity contribution in [3.05, 3.63) is 23.8 Å². The van der Waals surface area contributed by atoms with Gasteiger partial charge in [0, 0.05) is 13.2 Å². The van der Waals surface area contributed by atoms with Crippen LogP contribution in [0.4, 0.5) is 0 Å². The van der Waals surface area contributed by atoms with E-state index in [2.05, 4.69) is 31.0 Å². The molecule has 0 aliphatic heterocycles. The average molecular weight is 221 g/mol. The first-order valence-corrected chi connectivity index (χ1v) is 4.70. The molecule has 8 nitrogen and oxygen atoms in total. The van der Waals surface area contributed by atoms with Crippen LogP contribution in [0, 0.1) is 0 Å². The lowest BCUT2D eigenvalue weighted by Gasteiger charge is -2.09. The molecule has 0 aromatic carbocycles. The topological polar surface area (TPSA) is 101 Å². The number of amides is 1. The Balaban J connectivity index is 2.06. The molecule has 1 atom stereocenters. The van der Waals surface area contributed by atoms with E-state index >= 15 is 0 Å². The Morgan fingerprint density at radius 1 is 1.62 bits per heavy atom. The molecule has 8 heteroatoms. The molecule has 0 radical (unpaired) electrons. The molecule has 0 bridgehead atoms. The van der Waals surface area contributed by atoms with Gasteiger partial charge in [-0.1, -0.05) is 5.21 Å². The summed E-state index contributed by atoms with van der Waals surface area (Å²) in [6, 6.07) is 1.33. The summed E-state index contributed by atoms with van der Waals surface area (Å²) >= 11 is 0. The molecule has 2 aromatic rings. The largest absolute Gasteiger partial charge is 0.341 e. The number of tetrazole rings is 1. The van der Waals surface area contributed by atoms with Gasteiger partial charge in [0.1, 0.15) is 5.69 Å². The van der Waals surface area contributed by atoms with Gasteiger partial charge in [0.2, 0.25) is 0 Å². The van der Waals surface area contributed by atoms with Crippen LogP contribution >= 0.6 is 0 Å². The zero-order valence-electron chi connectivity index (χ0n) is 8.88. The minimum absolute atomic E-state index is 0.225. The predicted molar refractivity (Wildman–Crippen MR) is 53.3 cm³/mol. The maximum Gasteiger partial charge on any atom is 0.270 e. The summed E-state index contributed by atoms with van der Waals surface area (Å²) in [5, 5.41) is 20.0. The number of carbonyl (C=O) groups is 1. The van der Waals surface area contributed by atoms with Crippen molar-refractivity contribution in [3.63, 3.8) is 0 Å². The van der Waals surface area contributed by atoms with E-state index in [4.69, 9.17) is 0 Å². The fraction of sp³-hybridized carbons (Fsp3) is 0.375. The van der Waals surface area contributed by atoms with Crippen molar-refractivity contribution in [2.75, 3.05) is 0 Å². The minimum Gasteiger partial charge on any atom is -0.341 e. The highest BCUT2D eigenvalue weighted by Gasteiger charge is 2.16. The number of nitrogens with zero attached hydrogens (tertiary/aromatic N) is 5. The van der Waals surface area contributed by atoms with Crippen molar-refractivity contribution in [2.45, 2.75) is 13.0 Å². The van der Waals surface area contributed by atoms with Crippen LogP contribution in [-0.4, -0.2) is 36.3 Å². The zero-order valence-corrected chi connectivity index (χ0v) is 8.88. The smallest absolute Gasteiger partial charge is 0.270 e. The van der Waals surface area contributed by atoms with Crippen LogP contribution in [0.25, 0.3) is 0 Å². The van der Waals surface area contributed by atoms with Crippen molar-refractivity contribution in [3.8, 4) is 0 Å². The van der Waals surface area contributed by atoms with Crippen LogP contribution < -0.4 is 5.32 Å². The van der Waals surface area contributed by atoms with E-state index in [1.165, 1.54) is 4.68 Å². The molecular weight excluding hydrogens is 210 g/mol. The molecule has 2 N–H and O–H groups in total. The predicted octanol–water partition coefficient (Wildman–Crippen LogP) is -0.576. The number of rotatable bonds is 3. The van der Waals surface area contributed by atoms with Gasteiger partial charge >= 0.3 is 0 Å². The first kappa shape index (κ1) is 10.3. The van der Waals surface area contributed by atoms with Gasteiger partial charge in [-0.2, -0.15) is 10.3 Å². The number of aryl methyl sites for hydroxylation is 1. The number of carbonyl (C=O) groups excluding carboxylic acids is 1. The summed E-state index contributed by atoms with van der Waals surface area (Å²) in [7, 11) is 1.70. The quantitative estimate of drug-likeness (QED) is 0.722. The third kappa shape index (κ3) is 1.90. The Kier molecular flexibility index (Phi) is 2.63. The number of H-pyrrole nitrogens is 1. The third-order valence-electron chi connectivity index (χ3n) is 2.15. The summed E-state index contributed by atoms with van der Waals surface area (Å²) < 4.78 is 1.50. The Morgan fingerprint density at radius 3 is 3.00 bits per heavy atom. The van der Waals surface area contributed by atoms with Crippen LogP contribution in [0.15, 0.2) is 12.3 Å². The number of hydrogen-bond donors (Lipinski definition) is 2. The first-order valence-electron chi connectivity index (χ1n) is 4.70. The monoisotopic (exact) mass is 221 g/mol. The Labute approximate surface area is 91.0 Å². The highest BCUT2D eigenvalue weighted by Crippen LogP contribution is 2.05. The number of aromatic amines is 1. The van der Waals surface area contributed by atoms with Crippen LogP contribution in [0.1, 0.15) is 29.3 Å². The summed E-state index contributed by atoms with van der Waals surface area (Å²) in [5.74, 6) is 0.216. The van der Waals surface area contributed by atoms with Gasteiger partial charge < -0.3 is 5.32 Å². The van der Waals surface area contributed by atoms with Crippen molar-refractivity contribution in [2.24, 2.45) is 7.05 Å². The lowest BCUT2D eigenvalue weighted by molar-refractivity contribution is 0.0929. The van der Waals surface area contributed by atoms with Crippen molar-refractivity contribution >= 4 is 5.91 Å². The Bertz CT molecular complexity index is 474. The molecule has 0 aliphatic rings. The van der Waals surface area contributed by atoms with E-state index in [0.29, 0.717) is 11.5 Å². The Hall–Kier alpha value is -2.25. The van der Waals surface area contributed by atoms with Crippen LogP contribution in [-0.2, 0) is 7.05 Å². The lowest BCUT2D eigenvalue weighted by atomic mass is 10.3. The van der Waals surface area contributed by atoms with Gasteiger partial charge in [-0.15, -0.1) is 10.2 Å². The molecule has 2 aromatic heterocycles.